The summed E-state index contributed by atoms with van der Waals surface area (Å²) >= 11 is 9.35. The standard InChI is InChI=1S/C23H17BrClNO3/c1-13-21-17(22(26-29-13)16-7-10-20(28-2)19(24)11-16)8-9-18(21)23(27)15-5-3-14(12-25)4-6-15/h3-11H,12H2,1-2H3. The molecular weight excluding hydrogens is 454 g/mol. The number of ketones is 1. The quantitative estimate of drug-likeness (QED) is 0.247. The summed E-state index contributed by atoms with van der Waals surface area (Å²) < 4.78 is 11.7. The molecule has 0 saturated carbocycles. The van der Waals surface area contributed by atoms with Crippen molar-refractivity contribution < 1.29 is 14.1 Å². The molecule has 1 heterocycles. The topological polar surface area (TPSA) is 52.3 Å². The van der Waals surface area contributed by atoms with Crippen molar-refractivity contribution in [2.24, 2.45) is 0 Å². The van der Waals surface area contributed by atoms with E-state index in [1.807, 2.05) is 49.4 Å². The van der Waals surface area contributed by atoms with Gasteiger partial charge in [-0.25, -0.2) is 0 Å². The lowest BCUT2D eigenvalue weighted by Gasteiger charge is -2.12. The number of carbonyl (C=O) groups excluding carboxylic acids is 1. The smallest absolute Gasteiger partial charge is 0.193 e. The number of benzene rings is 2. The monoisotopic (exact) mass is 469 g/mol. The maximum absolute atomic E-state index is 13.1. The average Bonchev–Trinajstić information content (AvgIpc) is 3.19. The molecule has 0 bridgehead atoms. The summed E-state index contributed by atoms with van der Waals surface area (Å²) in [6, 6.07) is 16.8. The lowest BCUT2D eigenvalue weighted by Crippen LogP contribution is -2.03. The van der Waals surface area contributed by atoms with Crippen molar-refractivity contribution in [3.63, 3.8) is 0 Å². The van der Waals surface area contributed by atoms with Crippen LogP contribution in [0, 0.1) is 6.92 Å². The molecule has 2 aromatic carbocycles. The Hall–Kier alpha value is -2.63. The van der Waals surface area contributed by atoms with Gasteiger partial charge in [-0.05, 0) is 52.7 Å². The van der Waals surface area contributed by atoms with Crippen LogP contribution in [0.3, 0.4) is 0 Å². The van der Waals surface area contributed by atoms with Crippen LogP contribution in [0.1, 0.15) is 27.2 Å². The average molecular weight is 471 g/mol. The van der Waals surface area contributed by atoms with Crippen LogP contribution in [0.25, 0.3) is 22.4 Å². The van der Waals surface area contributed by atoms with Crippen molar-refractivity contribution >= 4 is 33.3 Å². The normalized spacial score (nSPS) is 11.0. The van der Waals surface area contributed by atoms with Crippen LogP contribution in [0.15, 0.2) is 63.6 Å². The molecule has 0 unspecified atom stereocenters. The van der Waals surface area contributed by atoms with E-state index in [9.17, 15) is 4.79 Å². The van der Waals surface area contributed by atoms with E-state index in [2.05, 4.69) is 21.1 Å². The molecule has 0 spiro atoms. The Morgan fingerprint density at radius 2 is 1.90 bits per heavy atom. The van der Waals surface area contributed by atoms with Crippen LogP contribution in [-0.4, -0.2) is 18.0 Å². The number of methoxy groups -OCH3 is 1. The number of aryl methyl sites for hydroxylation is 1. The van der Waals surface area contributed by atoms with E-state index in [0.717, 1.165) is 32.5 Å². The molecule has 0 amide bonds. The van der Waals surface area contributed by atoms with Gasteiger partial charge in [0.1, 0.15) is 17.2 Å². The number of alkyl halides is 1. The summed E-state index contributed by atoms with van der Waals surface area (Å²) in [5.41, 5.74) is 5.35. The minimum Gasteiger partial charge on any atom is -0.496 e. The van der Waals surface area contributed by atoms with Crippen molar-refractivity contribution in [1.29, 1.82) is 0 Å². The van der Waals surface area contributed by atoms with Gasteiger partial charge in [-0.15, -0.1) is 11.6 Å². The Bertz CT molecular complexity index is 1170. The number of hydrogen-bond donors (Lipinski definition) is 0. The molecule has 4 rings (SSSR count). The van der Waals surface area contributed by atoms with Gasteiger partial charge in [0.15, 0.2) is 5.78 Å². The molecule has 0 radical (unpaired) electrons. The molecule has 29 heavy (non-hydrogen) atoms. The molecule has 4 nitrogen and oxygen atoms in total. The second kappa shape index (κ2) is 8.01. The molecule has 0 N–H and O–H groups in total. The Labute approximate surface area is 181 Å². The first-order valence-corrected chi connectivity index (χ1v) is 10.3. The fourth-order valence-corrected chi connectivity index (χ4v) is 4.09. The third-order valence-electron chi connectivity index (χ3n) is 4.88. The highest BCUT2D eigenvalue weighted by molar-refractivity contribution is 9.10. The zero-order chi connectivity index (χ0) is 20.5. The number of fused-ring (bicyclic) bond motifs is 1. The second-order valence-electron chi connectivity index (χ2n) is 6.63. The second-order valence-corrected chi connectivity index (χ2v) is 7.75. The van der Waals surface area contributed by atoms with Crippen LogP contribution in [0.5, 0.6) is 5.75 Å². The number of aromatic nitrogens is 1. The predicted octanol–water partition coefficient (Wildman–Crippen LogP) is 6.50. The van der Waals surface area contributed by atoms with Crippen molar-refractivity contribution in [3.05, 3.63) is 81.5 Å². The number of ether oxygens (including phenoxy) is 1. The Morgan fingerprint density at radius 1 is 1.14 bits per heavy atom. The summed E-state index contributed by atoms with van der Waals surface area (Å²) in [5, 5.41) is 4.28. The summed E-state index contributed by atoms with van der Waals surface area (Å²) in [6.45, 7) is 1.82. The van der Waals surface area contributed by atoms with E-state index in [-0.39, 0.29) is 5.78 Å². The first-order chi connectivity index (χ1) is 14.0. The number of halogens is 2. The first kappa shape index (κ1) is 19.7. The van der Waals surface area contributed by atoms with Gasteiger partial charge in [0, 0.05) is 33.7 Å². The molecule has 146 valence electrons. The molecule has 1 aliphatic heterocycles. The summed E-state index contributed by atoms with van der Waals surface area (Å²) in [7, 11) is 1.62. The van der Waals surface area contributed by atoms with Crippen LogP contribution in [-0.2, 0) is 5.88 Å². The van der Waals surface area contributed by atoms with Crippen LogP contribution >= 0.6 is 27.5 Å². The lowest BCUT2D eigenvalue weighted by molar-refractivity contribution is 0.103. The molecule has 0 saturated heterocycles. The van der Waals surface area contributed by atoms with Gasteiger partial charge in [0.05, 0.1) is 11.6 Å². The molecule has 0 atom stereocenters. The Balaban J connectivity index is 1.78. The van der Waals surface area contributed by atoms with Crippen LogP contribution < -0.4 is 4.74 Å². The highest BCUT2D eigenvalue weighted by Crippen LogP contribution is 2.40. The number of carbonyl (C=O) groups is 1. The van der Waals surface area contributed by atoms with Gasteiger partial charge in [0.25, 0.3) is 0 Å². The van der Waals surface area contributed by atoms with Crippen LogP contribution in [0.2, 0.25) is 0 Å². The maximum atomic E-state index is 13.1. The van der Waals surface area contributed by atoms with E-state index in [0.29, 0.717) is 28.5 Å². The predicted molar refractivity (Wildman–Crippen MR) is 117 cm³/mol. The van der Waals surface area contributed by atoms with E-state index in [4.69, 9.17) is 20.9 Å². The Kier molecular flexibility index (Phi) is 5.43. The maximum Gasteiger partial charge on any atom is 0.193 e. The lowest BCUT2D eigenvalue weighted by atomic mass is 9.96. The van der Waals surface area contributed by atoms with Gasteiger partial charge < -0.3 is 9.26 Å². The van der Waals surface area contributed by atoms with E-state index in [1.54, 1.807) is 19.2 Å². The van der Waals surface area contributed by atoms with Crippen molar-refractivity contribution in [1.82, 2.24) is 5.16 Å². The minimum absolute atomic E-state index is 0.0625. The molecule has 1 aliphatic carbocycles. The molecule has 2 aliphatic rings. The SMILES string of the molecule is COc1ccc(-c2noc(C)c3c(C(=O)c4ccc(CCl)cc4)ccc2-3)cc1Br. The minimum atomic E-state index is -0.0625. The third kappa shape index (κ3) is 3.56. The highest BCUT2D eigenvalue weighted by Gasteiger charge is 2.25. The molecule has 0 aromatic heterocycles. The third-order valence-corrected chi connectivity index (χ3v) is 5.80. The van der Waals surface area contributed by atoms with Gasteiger partial charge in [-0.3, -0.25) is 4.79 Å². The summed E-state index contributed by atoms with van der Waals surface area (Å²) in [6.07, 6.45) is 0. The number of hydrogen-bond acceptors (Lipinski definition) is 4. The largest absolute Gasteiger partial charge is 0.496 e. The van der Waals surface area contributed by atoms with E-state index in [1.165, 1.54) is 0 Å². The van der Waals surface area contributed by atoms with Crippen molar-refractivity contribution in [2.75, 3.05) is 7.11 Å². The summed E-state index contributed by atoms with van der Waals surface area (Å²) in [4.78, 5) is 13.1. The number of nitrogens with zero attached hydrogens (tertiary/aromatic N) is 1. The Morgan fingerprint density at radius 3 is 2.55 bits per heavy atom. The van der Waals surface area contributed by atoms with Crippen molar-refractivity contribution in [2.45, 2.75) is 12.8 Å². The molecular formula is C23H17BrClNO3. The zero-order valence-corrected chi connectivity index (χ0v) is 18.2. The fourth-order valence-electron chi connectivity index (χ4n) is 3.38. The van der Waals surface area contributed by atoms with Crippen LogP contribution in [0.4, 0.5) is 0 Å². The molecule has 0 fully saturated rings. The first-order valence-electron chi connectivity index (χ1n) is 8.96. The van der Waals surface area contributed by atoms with Gasteiger partial charge in [-0.2, -0.15) is 0 Å². The number of rotatable bonds is 5. The van der Waals surface area contributed by atoms with Gasteiger partial charge in [0.2, 0.25) is 0 Å². The highest BCUT2D eigenvalue weighted by atomic mass is 79.9. The summed E-state index contributed by atoms with van der Waals surface area (Å²) in [5.74, 6) is 1.68. The zero-order valence-electron chi connectivity index (χ0n) is 15.8. The van der Waals surface area contributed by atoms with E-state index >= 15 is 0 Å². The van der Waals surface area contributed by atoms with Crippen molar-refractivity contribution in [3.8, 4) is 28.1 Å². The molecule has 2 aromatic rings. The molecule has 6 heteroatoms. The van der Waals surface area contributed by atoms with Gasteiger partial charge >= 0.3 is 0 Å². The van der Waals surface area contributed by atoms with E-state index < -0.39 is 0 Å². The fraction of sp³-hybridized carbons (Fsp3) is 0.130. The van der Waals surface area contributed by atoms with Gasteiger partial charge in [-0.1, -0.05) is 35.5 Å².